The van der Waals surface area contributed by atoms with Crippen molar-refractivity contribution in [2.24, 2.45) is 0 Å². The second-order valence-electron chi connectivity index (χ2n) is 10.3. The van der Waals surface area contributed by atoms with Crippen molar-refractivity contribution in [3.05, 3.63) is 134 Å². The van der Waals surface area contributed by atoms with Gasteiger partial charge in [-0.3, -0.25) is 9.55 Å². The topological polar surface area (TPSA) is 35.1 Å². The zero-order valence-corrected chi connectivity index (χ0v) is 21.5. The smallest absolute Gasteiger partial charge is 0.138 e. The van der Waals surface area contributed by atoms with Crippen LogP contribution in [0.2, 0.25) is 0 Å². The Morgan fingerprint density at radius 3 is 1.90 bits per heavy atom. The van der Waals surface area contributed by atoms with Crippen molar-refractivity contribution in [3.63, 3.8) is 0 Å². The van der Waals surface area contributed by atoms with E-state index in [1.54, 1.807) is 0 Å². The highest BCUT2D eigenvalue weighted by Crippen LogP contribution is 2.40. The lowest BCUT2D eigenvalue weighted by molar-refractivity contribution is 1.08. The van der Waals surface area contributed by atoms with Crippen LogP contribution < -0.4 is 0 Å². The number of fused-ring (bicyclic) bond motifs is 12. The van der Waals surface area contributed by atoms with E-state index in [4.69, 9.17) is 4.98 Å². The molecular weight excluding hydrogens is 488 g/mol. The maximum Gasteiger partial charge on any atom is 0.138 e. The lowest BCUT2D eigenvalue weighted by Gasteiger charge is -2.10. The summed E-state index contributed by atoms with van der Waals surface area (Å²) < 4.78 is 4.72. The first-order valence-corrected chi connectivity index (χ1v) is 13.5. The Kier molecular flexibility index (Phi) is 4.30. The Bertz CT molecular complexity index is 2430. The van der Waals surface area contributed by atoms with Crippen LogP contribution in [0.3, 0.4) is 0 Å². The number of aromatic nitrogens is 4. The van der Waals surface area contributed by atoms with Gasteiger partial charge in [0.1, 0.15) is 5.82 Å². The lowest BCUT2D eigenvalue weighted by atomic mass is 10.0. The summed E-state index contributed by atoms with van der Waals surface area (Å²) >= 11 is 0. The van der Waals surface area contributed by atoms with Gasteiger partial charge in [0.15, 0.2) is 0 Å². The number of pyridine rings is 3. The third-order valence-electron chi connectivity index (χ3n) is 8.15. The van der Waals surface area contributed by atoms with Gasteiger partial charge in [0.05, 0.1) is 39.0 Å². The molecule has 0 atom stereocenters. The third kappa shape index (κ3) is 2.85. The van der Waals surface area contributed by atoms with Gasteiger partial charge in [-0.2, -0.15) is 0 Å². The standard InChI is InChI=1S/C36H22N4/c1-2-12-25-23(10-1)24-11-3-5-16-30(24)39-32-19-20-33-36(27(32)22-34(25)39)26-13-4-6-17-31(26)40(33)35-18-9-15-29(38-35)28-14-7-8-21-37-28/h1-22H. The van der Waals surface area contributed by atoms with Crippen molar-refractivity contribution in [1.82, 2.24) is 18.9 Å². The molecule has 40 heavy (non-hydrogen) atoms. The minimum atomic E-state index is 0.859. The zero-order chi connectivity index (χ0) is 26.2. The molecule has 0 aliphatic carbocycles. The molecule has 0 aliphatic rings. The number of hydrogen-bond donors (Lipinski definition) is 0. The number of hydrogen-bond acceptors (Lipinski definition) is 2. The molecule has 0 amide bonds. The minimum absolute atomic E-state index is 0.859. The van der Waals surface area contributed by atoms with Crippen molar-refractivity contribution in [2.45, 2.75) is 0 Å². The highest BCUT2D eigenvalue weighted by molar-refractivity contribution is 6.24. The minimum Gasteiger partial charge on any atom is -0.309 e. The fourth-order valence-electron chi connectivity index (χ4n) is 6.50. The summed E-state index contributed by atoms with van der Waals surface area (Å²) in [6, 6.07) is 45.1. The molecule has 0 saturated carbocycles. The number of benzene rings is 4. The van der Waals surface area contributed by atoms with E-state index >= 15 is 0 Å². The van der Waals surface area contributed by atoms with Crippen LogP contribution in [-0.2, 0) is 0 Å². The van der Waals surface area contributed by atoms with E-state index in [0.717, 1.165) is 28.2 Å². The molecule has 0 fully saturated rings. The summed E-state index contributed by atoms with van der Waals surface area (Å²) in [6.07, 6.45) is 1.81. The van der Waals surface area contributed by atoms with Crippen LogP contribution in [-0.4, -0.2) is 18.9 Å². The predicted octanol–water partition coefficient (Wildman–Crippen LogP) is 8.95. The van der Waals surface area contributed by atoms with E-state index in [1.807, 2.05) is 30.5 Å². The average molecular weight is 511 g/mol. The van der Waals surface area contributed by atoms with Gasteiger partial charge in [-0.05, 0) is 60.0 Å². The first-order chi connectivity index (χ1) is 19.9. The molecule has 4 heteroatoms. The second-order valence-corrected chi connectivity index (χ2v) is 10.3. The molecule has 4 nitrogen and oxygen atoms in total. The number of para-hydroxylation sites is 2. The Morgan fingerprint density at radius 1 is 0.425 bits per heavy atom. The van der Waals surface area contributed by atoms with Crippen LogP contribution in [0, 0.1) is 0 Å². The Balaban J connectivity index is 1.43. The molecule has 5 heterocycles. The van der Waals surface area contributed by atoms with Crippen LogP contribution in [0.25, 0.3) is 77.1 Å². The summed E-state index contributed by atoms with van der Waals surface area (Å²) in [5.41, 5.74) is 7.66. The molecule has 0 spiro atoms. The maximum absolute atomic E-state index is 5.09. The molecule has 186 valence electrons. The molecule has 0 saturated heterocycles. The lowest BCUT2D eigenvalue weighted by Crippen LogP contribution is -1.99. The summed E-state index contributed by atoms with van der Waals surface area (Å²) in [7, 11) is 0. The van der Waals surface area contributed by atoms with Crippen molar-refractivity contribution < 1.29 is 0 Å². The summed E-state index contributed by atoms with van der Waals surface area (Å²) in [5.74, 6) is 0.883. The van der Waals surface area contributed by atoms with Crippen LogP contribution in [0.1, 0.15) is 0 Å². The summed E-state index contributed by atoms with van der Waals surface area (Å²) in [6.45, 7) is 0. The van der Waals surface area contributed by atoms with E-state index in [1.165, 1.54) is 48.9 Å². The molecule has 0 radical (unpaired) electrons. The second kappa shape index (κ2) is 8.01. The molecule has 9 rings (SSSR count). The zero-order valence-electron chi connectivity index (χ0n) is 21.5. The van der Waals surface area contributed by atoms with Gasteiger partial charge in [-0.1, -0.05) is 72.8 Å². The van der Waals surface area contributed by atoms with E-state index < -0.39 is 0 Å². The largest absolute Gasteiger partial charge is 0.309 e. The molecule has 0 bridgehead atoms. The van der Waals surface area contributed by atoms with E-state index in [9.17, 15) is 0 Å². The molecule has 5 aromatic heterocycles. The highest BCUT2D eigenvalue weighted by Gasteiger charge is 2.19. The molecule has 9 aromatic rings. The first kappa shape index (κ1) is 21.5. The van der Waals surface area contributed by atoms with Gasteiger partial charge < -0.3 is 4.40 Å². The van der Waals surface area contributed by atoms with Crippen molar-refractivity contribution >= 4 is 59.9 Å². The SMILES string of the molecule is c1ccc(-c2cccc(-n3c4ccccc4c4c5cc6c7ccccc7c7ccccc7n6c5ccc43)n2)nc1. The highest BCUT2D eigenvalue weighted by atomic mass is 15.1. The van der Waals surface area contributed by atoms with Crippen LogP contribution in [0.4, 0.5) is 0 Å². The summed E-state index contributed by atoms with van der Waals surface area (Å²) in [5, 5.41) is 7.52. The van der Waals surface area contributed by atoms with Crippen molar-refractivity contribution in [3.8, 4) is 17.2 Å². The van der Waals surface area contributed by atoms with Gasteiger partial charge in [-0.15, -0.1) is 0 Å². The van der Waals surface area contributed by atoms with E-state index in [-0.39, 0.29) is 0 Å². The summed E-state index contributed by atoms with van der Waals surface area (Å²) in [4.78, 5) is 9.62. The molecular formula is C36H22N4. The average Bonchev–Trinajstić information content (AvgIpc) is 3.58. The fraction of sp³-hybridized carbons (Fsp3) is 0. The van der Waals surface area contributed by atoms with Crippen LogP contribution >= 0.6 is 0 Å². The normalized spacial score (nSPS) is 12.0. The first-order valence-electron chi connectivity index (χ1n) is 13.5. The van der Waals surface area contributed by atoms with Crippen molar-refractivity contribution in [1.29, 1.82) is 0 Å². The Labute approximate surface area is 229 Å². The molecule has 0 aliphatic heterocycles. The van der Waals surface area contributed by atoms with E-state index in [2.05, 4.69) is 117 Å². The monoisotopic (exact) mass is 510 g/mol. The van der Waals surface area contributed by atoms with Crippen LogP contribution in [0.15, 0.2) is 134 Å². The molecule has 4 aromatic carbocycles. The Morgan fingerprint density at radius 2 is 1.07 bits per heavy atom. The molecule has 0 unspecified atom stereocenters. The van der Waals surface area contributed by atoms with Gasteiger partial charge in [0.2, 0.25) is 0 Å². The van der Waals surface area contributed by atoms with Gasteiger partial charge in [0.25, 0.3) is 0 Å². The van der Waals surface area contributed by atoms with Gasteiger partial charge in [0, 0.05) is 33.1 Å². The Hall–Kier alpha value is -5.48. The van der Waals surface area contributed by atoms with Crippen LogP contribution in [0.5, 0.6) is 0 Å². The predicted molar refractivity (Wildman–Crippen MR) is 165 cm³/mol. The van der Waals surface area contributed by atoms with Gasteiger partial charge >= 0.3 is 0 Å². The van der Waals surface area contributed by atoms with E-state index in [0.29, 0.717) is 0 Å². The number of nitrogens with zero attached hydrogens (tertiary/aromatic N) is 4. The maximum atomic E-state index is 5.09. The number of rotatable bonds is 2. The third-order valence-corrected chi connectivity index (χ3v) is 8.15. The van der Waals surface area contributed by atoms with Gasteiger partial charge in [-0.25, -0.2) is 4.98 Å². The van der Waals surface area contributed by atoms with Crippen molar-refractivity contribution in [2.75, 3.05) is 0 Å². The quantitative estimate of drug-likeness (QED) is 0.218. The molecule has 0 N–H and O–H groups in total. The fourth-order valence-corrected chi connectivity index (χ4v) is 6.50.